The first kappa shape index (κ1) is 15.1. The van der Waals surface area contributed by atoms with Gasteiger partial charge in [-0.1, -0.05) is 55.5 Å². The zero-order chi connectivity index (χ0) is 15.1. The average Bonchev–Trinajstić information content (AvgIpc) is 2.54. The fraction of sp³-hybridized carbons (Fsp3) is 0.278. The first-order valence-electron chi connectivity index (χ1n) is 7.27. The summed E-state index contributed by atoms with van der Waals surface area (Å²) < 4.78 is 5.69. The van der Waals surface area contributed by atoms with Crippen LogP contribution in [0.15, 0.2) is 54.6 Å². The van der Waals surface area contributed by atoms with Gasteiger partial charge < -0.3 is 10.1 Å². The lowest BCUT2D eigenvalue weighted by Gasteiger charge is -2.14. The quantitative estimate of drug-likeness (QED) is 0.879. The zero-order valence-corrected chi connectivity index (χ0v) is 12.5. The molecule has 21 heavy (non-hydrogen) atoms. The molecule has 0 unspecified atom stereocenters. The van der Waals surface area contributed by atoms with Crippen molar-refractivity contribution >= 4 is 5.91 Å². The Morgan fingerprint density at radius 1 is 1.10 bits per heavy atom. The van der Waals surface area contributed by atoms with Gasteiger partial charge in [-0.25, -0.2) is 0 Å². The van der Waals surface area contributed by atoms with Crippen LogP contribution in [0.1, 0.15) is 20.3 Å². The third kappa shape index (κ3) is 4.35. The Morgan fingerprint density at radius 2 is 1.76 bits per heavy atom. The minimum Gasteiger partial charge on any atom is -0.483 e. The van der Waals surface area contributed by atoms with Gasteiger partial charge in [-0.15, -0.1) is 0 Å². The molecule has 2 rings (SSSR count). The first-order chi connectivity index (χ1) is 10.2. The molecule has 0 aliphatic rings. The van der Waals surface area contributed by atoms with Crippen molar-refractivity contribution in [1.82, 2.24) is 5.32 Å². The van der Waals surface area contributed by atoms with E-state index in [9.17, 15) is 4.79 Å². The lowest BCUT2D eigenvalue weighted by Crippen LogP contribution is -2.35. The lowest BCUT2D eigenvalue weighted by molar-refractivity contribution is -0.123. The maximum absolute atomic E-state index is 11.8. The molecule has 2 aromatic rings. The number of carbonyl (C=O) groups is 1. The van der Waals surface area contributed by atoms with Gasteiger partial charge in [0.2, 0.25) is 0 Å². The molecule has 3 nitrogen and oxygen atoms in total. The number of para-hydroxylation sites is 1. The summed E-state index contributed by atoms with van der Waals surface area (Å²) in [5.74, 6) is 0.634. The second-order valence-corrected chi connectivity index (χ2v) is 5.03. The molecule has 0 saturated carbocycles. The molecule has 0 saturated heterocycles. The SMILES string of the molecule is CC[C@H](C)NC(=O)COc1ccccc1-c1ccccc1. The Kier molecular flexibility index (Phi) is 5.38. The standard InChI is InChI=1S/C18H21NO2/c1-3-14(2)19-18(20)13-21-17-12-8-7-11-16(17)15-9-5-4-6-10-15/h4-12,14H,3,13H2,1-2H3,(H,19,20)/t14-/m0/s1. The summed E-state index contributed by atoms with van der Waals surface area (Å²) in [5.41, 5.74) is 2.07. The number of benzene rings is 2. The minimum absolute atomic E-state index is 0.0359. The van der Waals surface area contributed by atoms with Crippen LogP contribution in [0.5, 0.6) is 5.75 Å². The molecule has 1 amide bonds. The molecule has 0 aliphatic carbocycles. The van der Waals surface area contributed by atoms with E-state index in [2.05, 4.69) is 5.32 Å². The van der Waals surface area contributed by atoms with Crippen LogP contribution in [-0.2, 0) is 4.79 Å². The first-order valence-corrected chi connectivity index (χ1v) is 7.27. The molecule has 2 aromatic carbocycles. The van der Waals surface area contributed by atoms with E-state index < -0.39 is 0 Å². The molecule has 0 heterocycles. The Bertz CT molecular complexity index is 581. The fourth-order valence-electron chi connectivity index (χ4n) is 2.01. The summed E-state index contributed by atoms with van der Waals surface area (Å²) in [6.45, 7) is 4.06. The molecule has 110 valence electrons. The highest BCUT2D eigenvalue weighted by molar-refractivity contribution is 5.78. The van der Waals surface area contributed by atoms with Crippen LogP contribution in [-0.4, -0.2) is 18.6 Å². The van der Waals surface area contributed by atoms with Crippen LogP contribution in [0.25, 0.3) is 11.1 Å². The smallest absolute Gasteiger partial charge is 0.258 e. The lowest BCUT2D eigenvalue weighted by atomic mass is 10.1. The third-order valence-electron chi connectivity index (χ3n) is 3.35. The van der Waals surface area contributed by atoms with Gasteiger partial charge in [0.1, 0.15) is 5.75 Å². The van der Waals surface area contributed by atoms with Crippen LogP contribution in [0.4, 0.5) is 0 Å². The molecular weight excluding hydrogens is 262 g/mol. The topological polar surface area (TPSA) is 38.3 Å². The van der Waals surface area contributed by atoms with Crippen molar-refractivity contribution in [2.75, 3.05) is 6.61 Å². The van der Waals surface area contributed by atoms with Crippen molar-refractivity contribution in [3.8, 4) is 16.9 Å². The number of nitrogens with one attached hydrogen (secondary N) is 1. The van der Waals surface area contributed by atoms with E-state index in [1.165, 1.54) is 0 Å². The van der Waals surface area contributed by atoms with Gasteiger partial charge >= 0.3 is 0 Å². The highest BCUT2D eigenvalue weighted by Crippen LogP contribution is 2.29. The van der Waals surface area contributed by atoms with E-state index >= 15 is 0 Å². The van der Waals surface area contributed by atoms with Crippen LogP contribution < -0.4 is 10.1 Å². The number of hydrogen-bond acceptors (Lipinski definition) is 2. The summed E-state index contributed by atoms with van der Waals surface area (Å²) >= 11 is 0. The fourth-order valence-corrected chi connectivity index (χ4v) is 2.01. The normalized spacial score (nSPS) is 11.7. The third-order valence-corrected chi connectivity index (χ3v) is 3.35. The van der Waals surface area contributed by atoms with E-state index in [-0.39, 0.29) is 18.6 Å². The number of amides is 1. The van der Waals surface area contributed by atoms with E-state index in [0.717, 1.165) is 23.3 Å². The number of carbonyl (C=O) groups excluding carboxylic acids is 1. The van der Waals surface area contributed by atoms with E-state index in [1.807, 2.05) is 68.4 Å². The molecule has 0 fully saturated rings. The predicted octanol–water partition coefficient (Wildman–Crippen LogP) is 3.65. The van der Waals surface area contributed by atoms with Crippen molar-refractivity contribution in [3.05, 3.63) is 54.6 Å². The molecule has 3 heteroatoms. The Hall–Kier alpha value is -2.29. The van der Waals surface area contributed by atoms with Crippen molar-refractivity contribution in [3.63, 3.8) is 0 Å². The van der Waals surface area contributed by atoms with Gasteiger partial charge in [-0.3, -0.25) is 4.79 Å². The van der Waals surface area contributed by atoms with E-state index in [0.29, 0.717) is 0 Å². The highest BCUT2D eigenvalue weighted by Gasteiger charge is 2.09. The number of rotatable bonds is 6. The van der Waals surface area contributed by atoms with Gasteiger partial charge in [0.15, 0.2) is 6.61 Å². The van der Waals surface area contributed by atoms with Gasteiger partial charge in [0.05, 0.1) is 0 Å². The van der Waals surface area contributed by atoms with Crippen molar-refractivity contribution in [2.24, 2.45) is 0 Å². The molecular formula is C18H21NO2. The van der Waals surface area contributed by atoms with Crippen LogP contribution in [0.2, 0.25) is 0 Å². The molecule has 1 atom stereocenters. The van der Waals surface area contributed by atoms with Gasteiger partial charge in [0.25, 0.3) is 5.91 Å². The Morgan fingerprint density at radius 3 is 2.48 bits per heavy atom. The Labute approximate surface area is 126 Å². The molecule has 0 aromatic heterocycles. The Balaban J connectivity index is 2.06. The largest absolute Gasteiger partial charge is 0.483 e. The summed E-state index contributed by atoms with van der Waals surface area (Å²) in [6, 6.07) is 17.9. The number of hydrogen-bond donors (Lipinski definition) is 1. The van der Waals surface area contributed by atoms with Crippen LogP contribution >= 0.6 is 0 Å². The molecule has 0 bridgehead atoms. The summed E-state index contributed by atoms with van der Waals surface area (Å²) in [6.07, 6.45) is 0.909. The second-order valence-electron chi connectivity index (χ2n) is 5.03. The summed E-state index contributed by atoms with van der Waals surface area (Å²) in [5, 5.41) is 2.90. The van der Waals surface area contributed by atoms with E-state index in [4.69, 9.17) is 4.74 Å². The highest BCUT2D eigenvalue weighted by atomic mass is 16.5. The van der Waals surface area contributed by atoms with Gasteiger partial charge in [-0.2, -0.15) is 0 Å². The number of ether oxygens (including phenoxy) is 1. The van der Waals surface area contributed by atoms with Crippen LogP contribution in [0, 0.1) is 0 Å². The molecule has 0 aliphatic heterocycles. The predicted molar refractivity (Wildman–Crippen MR) is 85.3 cm³/mol. The summed E-state index contributed by atoms with van der Waals surface area (Å²) in [7, 11) is 0. The monoisotopic (exact) mass is 283 g/mol. The van der Waals surface area contributed by atoms with Crippen LogP contribution in [0.3, 0.4) is 0 Å². The average molecular weight is 283 g/mol. The summed E-state index contributed by atoms with van der Waals surface area (Å²) in [4.78, 5) is 11.8. The molecule has 0 radical (unpaired) electrons. The van der Waals surface area contributed by atoms with Gasteiger partial charge in [-0.05, 0) is 25.0 Å². The van der Waals surface area contributed by atoms with Crippen molar-refractivity contribution in [1.29, 1.82) is 0 Å². The van der Waals surface area contributed by atoms with Crippen molar-refractivity contribution in [2.45, 2.75) is 26.3 Å². The second kappa shape index (κ2) is 7.48. The minimum atomic E-state index is -0.0905. The maximum atomic E-state index is 11.8. The maximum Gasteiger partial charge on any atom is 0.258 e. The van der Waals surface area contributed by atoms with E-state index in [1.54, 1.807) is 0 Å². The zero-order valence-electron chi connectivity index (χ0n) is 12.5. The molecule has 1 N–H and O–H groups in total. The van der Waals surface area contributed by atoms with Gasteiger partial charge in [0, 0.05) is 11.6 Å². The van der Waals surface area contributed by atoms with Crippen molar-refractivity contribution < 1.29 is 9.53 Å². The molecule has 0 spiro atoms.